The molecule has 18 heavy (non-hydrogen) atoms. The molecule has 0 aromatic heterocycles. The van der Waals surface area contributed by atoms with Crippen molar-refractivity contribution in [3.63, 3.8) is 0 Å². The Morgan fingerprint density at radius 2 is 2.00 bits per heavy atom. The molecule has 2 rings (SSSR count). The first kappa shape index (κ1) is 13.1. The Hall–Kier alpha value is -1.35. The number of hydrogen-bond donors (Lipinski definition) is 0. The van der Waals surface area contributed by atoms with Gasteiger partial charge in [0.25, 0.3) is 0 Å². The van der Waals surface area contributed by atoms with Crippen LogP contribution in [-0.4, -0.2) is 25.3 Å². The summed E-state index contributed by atoms with van der Waals surface area (Å²) in [6.45, 7) is 9.57. The first-order valence-electron chi connectivity index (χ1n) is 6.28. The van der Waals surface area contributed by atoms with Crippen LogP contribution in [0.1, 0.15) is 42.3 Å². The second-order valence-corrected chi connectivity index (χ2v) is 5.84. The van der Waals surface area contributed by atoms with Crippen LogP contribution in [0.25, 0.3) is 0 Å². The van der Waals surface area contributed by atoms with Gasteiger partial charge in [0.1, 0.15) is 6.10 Å². The summed E-state index contributed by atoms with van der Waals surface area (Å²) in [4.78, 5) is 11.9. The molecule has 1 aromatic carbocycles. The maximum Gasteiger partial charge on any atom is 0.338 e. The van der Waals surface area contributed by atoms with E-state index in [1.54, 1.807) is 0 Å². The maximum atomic E-state index is 11.9. The Bertz CT molecular complexity index is 453. The molecular weight excluding hydrogens is 228 g/mol. The number of hydrogen-bond acceptors (Lipinski definition) is 3. The molecule has 3 heteroatoms. The lowest BCUT2D eigenvalue weighted by Gasteiger charge is -2.26. The smallest absolute Gasteiger partial charge is 0.338 e. The predicted octanol–water partition coefficient (Wildman–Crippen LogP) is 2.85. The molecule has 1 saturated heterocycles. The van der Waals surface area contributed by atoms with Gasteiger partial charge in [-0.25, -0.2) is 4.79 Å². The zero-order valence-corrected chi connectivity index (χ0v) is 11.4. The van der Waals surface area contributed by atoms with Gasteiger partial charge >= 0.3 is 5.97 Å². The minimum atomic E-state index is -0.258. The molecule has 3 nitrogen and oxygen atoms in total. The lowest BCUT2D eigenvalue weighted by molar-refractivity contribution is -0.103. The first-order valence-corrected chi connectivity index (χ1v) is 6.28. The van der Waals surface area contributed by atoms with E-state index >= 15 is 0 Å². The Balaban J connectivity index is 2.15. The number of ether oxygens (including phenoxy) is 2. The largest absolute Gasteiger partial charge is 0.454 e. The molecule has 0 aliphatic carbocycles. The molecular formula is C15H20O3. The van der Waals surface area contributed by atoms with E-state index in [0.29, 0.717) is 18.8 Å². The standard InChI is InChI=1S/C15H20O3/c1-10-7-11(5-6-13(10)15(2,3)4)14(16)18-12-8-17-9-12/h5-7,12H,8-9H2,1-4H3. The van der Waals surface area contributed by atoms with Gasteiger partial charge < -0.3 is 9.47 Å². The van der Waals surface area contributed by atoms with Crippen molar-refractivity contribution in [2.75, 3.05) is 13.2 Å². The molecule has 0 atom stereocenters. The molecule has 1 fully saturated rings. The van der Waals surface area contributed by atoms with Crippen molar-refractivity contribution in [3.8, 4) is 0 Å². The fourth-order valence-electron chi connectivity index (χ4n) is 2.13. The van der Waals surface area contributed by atoms with Crippen LogP contribution in [0.2, 0.25) is 0 Å². The Labute approximate surface area is 108 Å². The van der Waals surface area contributed by atoms with Gasteiger partial charge in [0.2, 0.25) is 0 Å². The summed E-state index contributed by atoms with van der Waals surface area (Å²) in [7, 11) is 0. The maximum absolute atomic E-state index is 11.9. The van der Waals surface area contributed by atoms with Gasteiger partial charge in [-0.05, 0) is 35.6 Å². The molecule has 0 bridgehead atoms. The zero-order chi connectivity index (χ0) is 13.3. The number of benzene rings is 1. The molecule has 0 radical (unpaired) electrons. The lowest BCUT2D eigenvalue weighted by atomic mass is 9.83. The SMILES string of the molecule is Cc1cc(C(=O)OC2COC2)ccc1C(C)(C)C. The zero-order valence-electron chi connectivity index (χ0n) is 11.4. The molecule has 1 aliphatic rings. The van der Waals surface area contributed by atoms with E-state index < -0.39 is 0 Å². The fourth-order valence-corrected chi connectivity index (χ4v) is 2.13. The van der Waals surface area contributed by atoms with E-state index in [0.717, 1.165) is 5.56 Å². The Morgan fingerprint density at radius 3 is 2.44 bits per heavy atom. The first-order chi connectivity index (χ1) is 8.38. The Morgan fingerprint density at radius 1 is 1.33 bits per heavy atom. The molecule has 0 unspecified atom stereocenters. The van der Waals surface area contributed by atoms with Crippen LogP contribution in [0.3, 0.4) is 0 Å². The topological polar surface area (TPSA) is 35.5 Å². The van der Waals surface area contributed by atoms with Crippen LogP contribution in [0, 0.1) is 6.92 Å². The third kappa shape index (κ3) is 2.72. The van der Waals surface area contributed by atoms with E-state index in [4.69, 9.17) is 9.47 Å². The summed E-state index contributed by atoms with van der Waals surface area (Å²) in [6.07, 6.45) is -0.0694. The highest BCUT2D eigenvalue weighted by atomic mass is 16.6. The highest BCUT2D eigenvalue weighted by Crippen LogP contribution is 2.26. The highest BCUT2D eigenvalue weighted by Gasteiger charge is 2.24. The second kappa shape index (κ2) is 4.73. The van der Waals surface area contributed by atoms with Crippen LogP contribution >= 0.6 is 0 Å². The van der Waals surface area contributed by atoms with Crippen molar-refractivity contribution in [1.82, 2.24) is 0 Å². The molecule has 0 spiro atoms. The molecule has 1 aromatic rings. The van der Waals surface area contributed by atoms with Crippen LogP contribution in [-0.2, 0) is 14.9 Å². The molecule has 0 amide bonds. The number of esters is 1. The molecule has 98 valence electrons. The number of carbonyl (C=O) groups is 1. The Kier molecular flexibility index (Phi) is 3.44. The number of carbonyl (C=O) groups excluding carboxylic acids is 1. The second-order valence-electron chi connectivity index (χ2n) is 5.84. The summed E-state index contributed by atoms with van der Waals surface area (Å²) >= 11 is 0. The van der Waals surface area contributed by atoms with Crippen LogP contribution < -0.4 is 0 Å². The van der Waals surface area contributed by atoms with Gasteiger partial charge in [-0.2, -0.15) is 0 Å². The van der Waals surface area contributed by atoms with Crippen LogP contribution in [0.4, 0.5) is 0 Å². The predicted molar refractivity (Wildman–Crippen MR) is 69.9 cm³/mol. The van der Waals surface area contributed by atoms with Gasteiger partial charge in [-0.3, -0.25) is 0 Å². The van der Waals surface area contributed by atoms with Gasteiger partial charge in [0.15, 0.2) is 0 Å². The van der Waals surface area contributed by atoms with E-state index in [2.05, 4.69) is 20.8 Å². The molecule has 1 heterocycles. The third-order valence-electron chi connectivity index (χ3n) is 3.15. The van der Waals surface area contributed by atoms with Crippen molar-refractivity contribution in [1.29, 1.82) is 0 Å². The summed E-state index contributed by atoms with van der Waals surface area (Å²) < 4.78 is 10.3. The highest BCUT2D eigenvalue weighted by molar-refractivity contribution is 5.90. The van der Waals surface area contributed by atoms with Gasteiger partial charge in [-0.15, -0.1) is 0 Å². The third-order valence-corrected chi connectivity index (χ3v) is 3.15. The summed E-state index contributed by atoms with van der Waals surface area (Å²) in [5, 5.41) is 0. The number of aryl methyl sites for hydroxylation is 1. The van der Waals surface area contributed by atoms with E-state index in [9.17, 15) is 4.79 Å². The van der Waals surface area contributed by atoms with Gasteiger partial charge in [0, 0.05) is 0 Å². The monoisotopic (exact) mass is 248 g/mol. The average Bonchev–Trinajstić information content (AvgIpc) is 2.21. The lowest BCUT2D eigenvalue weighted by Crippen LogP contribution is -2.37. The normalized spacial score (nSPS) is 16.2. The summed E-state index contributed by atoms with van der Waals surface area (Å²) in [6, 6.07) is 5.76. The van der Waals surface area contributed by atoms with Gasteiger partial charge in [0.05, 0.1) is 18.8 Å². The van der Waals surface area contributed by atoms with Crippen LogP contribution in [0.15, 0.2) is 18.2 Å². The van der Waals surface area contributed by atoms with Crippen LogP contribution in [0.5, 0.6) is 0 Å². The summed E-state index contributed by atoms with van der Waals surface area (Å²) in [5.41, 5.74) is 3.09. The van der Waals surface area contributed by atoms with Crippen molar-refractivity contribution >= 4 is 5.97 Å². The summed E-state index contributed by atoms with van der Waals surface area (Å²) in [5.74, 6) is -0.258. The molecule has 0 N–H and O–H groups in total. The van der Waals surface area contributed by atoms with Crippen molar-refractivity contribution in [2.45, 2.75) is 39.2 Å². The van der Waals surface area contributed by atoms with Crippen molar-refractivity contribution < 1.29 is 14.3 Å². The van der Waals surface area contributed by atoms with Gasteiger partial charge in [-0.1, -0.05) is 26.8 Å². The minimum Gasteiger partial charge on any atom is -0.454 e. The van der Waals surface area contributed by atoms with Crippen molar-refractivity contribution in [2.24, 2.45) is 0 Å². The van der Waals surface area contributed by atoms with E-state index in [1.165, 1.54) is 5.56 Å². The number of rotatable bonds is 2. The van der Waals surface area contributed by atoms with E-state index in [-0.39, 0.29) is 17.5 Å². The molecule has 0 saturated carbocycles. The minimum absolute atomic E-state index is 0.0694. The quantitative estimate of drug-likeness (QED) is 0.755. The average molecular weight is 248 g/mol. The van der Waals surface area contributed by atoms with Crippen molar-refractivity contribution in [3.05, 3.63) is 34.9 Å². The molecule has 1 aliphatic heterocycles. The van der Waals surface area contributed by atoms with E-state index in [1.807, 2.05) is 25.1 Å². The fraction of sp³-hybridized carbons (Fsp3) is 0.533.